The van der Waals surface area contributed by atoms with Crippen molar-refractivity contribution in [3.05, 3.63) is 47.6 Å². The van der Waals surface area contributed by atoms with Crippen LogP contribution < -0.4 is 5.32 Å². The van der Waals surface area contributed by atoms with Crippen LogP contribution in [0.15, 0.2) is 35.1 Å². The molecule has 0 unspecified atom stereocenters. The van der Waals surface area contributed by atoms with Crippen LogP contribution in [0.3, 0.4) is 0 Å². The monoisotopic (exact) mass is 409 g/mol. The molecule has 9 nitrogen and oxygen atoms in total. The molecule has 1 amide bonds. The molecule has 30 heavy (non-hydrogen) atoms. The molecule has 0 atom stereocenters. The van der Waals surface area contributed by atoms with Crippen LogP contribution in [0, 0.1) is 5.92 Å². The van der Waals surface area contributed by atoms with Gasteiger partial charge in [-0.3, -0.25) is 14.8 Å². The molecule has 1 saturated heterocycles. The Kier molecular flexibility index (Phi) is 6.48. The average molecular weight is 409 g/mol. The summed E-state index contributed by atoms with van der Waals surface area (Å²) in [5.41, 5.74) is 2.44. The average Bonchev–Trinajstić information content (AvgIpc) is 3.45. The first-order valence-corrected chi connectivity index (χ1v) is 10.4. The number of hydrogen-bond acceptors (Lipinski definition) is 7. The first kappa shape index (κ1) is 20.2. The zero-order valence-electron chi connectivity index (χ0n) is 17.2. The van der Waals surface area contributed by atoms with E-state index in [0.29, 0.717) is 30.5 Å². The molecule has 3 aromatic rings. The van der Waals surface area contributed by atoms with E-state index in [1.807, 2.05) is 6.07 Å². The lowest BCUT2D eigenvalue weighted by Gasteiger charge is -2.30. The summed E-state index contributed by atoms with van der Waals surface area (Å²) in [6, 6.07) is 8.33. The summed E-state index contributed by atoms with van der Waals surface area (Å²) in [6.45, 7) is 6.06. The number of H-pyrrole nitrogens is 1. The van der Waals surface area contributed by atoms with Gasteiger partial charge in [0.05, 0.1) is 0 Å². The molecule has 0 bridgehead atoms. The Bertz CT molecular complexity index is 946. The molecule has 0 spiro atoms. The zero-order chi connectivity index (χ0) is 20.8. The van der Waals surface area contributed by atoms with Gasteiger partial charge in [0.25, 0.3) is 0 Å². The molecule has 0 saturated carbocycles. The molecule has 0 aliphatic carbocycles. The standard InChI is InChI=1S/C21H27N7O2/c1-15-8-10-28(11-9-15)13-17-5-3-2-4-16(17)12-22-18(29)6-7-19-25-21(27-30-19)20-23-14-24-26-20/h2-5,14-15H,6-13H2,1H3,(H,22,29)(H,23,24,26). The predicted molar refractivity (Wildman–Crippen MR) is 110 cm³/mol. The van der Waals surface area contributed by atoms with Crippen LogP contribution in [-0.4, -0.2) is 49.2 Å². The van der Waals surface area contributed by atoms with Crippen molar-refractivity contribution in [2.75, 3.05) is 13.1 Å². The van der Waals surface area contributed by atoms with Crippen LogP contribution in [0.1, 0.15) is 43.2 Å². The summed E-state index contributed by atoms with van der Waals surface area (Å²) in [6.07, 6.45) is 4.55. The smallest absolute Gasteiger partial charge is 0.239 e. The maximum absolute atomic E-state index is 12.3. The Morgan fingerprint density at radius 3 is 2.83 bits per heavy atom. The van der Waals surface area contributed by atoms with Gasteiger partial charge in [0, 0.05) is 25.9 Å². The minimum absolute atomic E-state index is 0.0454. The van der Waals surface area contributed by atoms with Gasteiger partial charge in [0.2, 0.25) is 17.6 Å². The molecule has 9 heteroatoms. The second kappa shape index (κ2) is 9.62. The van der Waals surface area contributed by atoms with Crippen LogP contribution in [0.2, 0.25) is 0 Å². The number of piperidine rings is 1. The van der Waals surface area contributed by atoms with E-state index < -0.39 is 0 Å². The lowest BCUT2D eigenvalue weighted by molar-refractivity contribution is -0.121. The second-order valence-electron chi connectivity index (χ2n) is 7.85. The van der Waals surface area contributed by atoms with Gasteiger partial charge in [0.1, 0.15) is 6.33 Å². The molecule has 3 heterocycles. The number of benzene rings is 1. The van der Waals surface area contributed by atoms with Gasteiger partial charge >= 0.3 is 0 Å². The van der Waals surface area contributed by atoms with Crippen LogP contribution >= 0.6 is 0 Å². The highest BCUT2D eigenvalue weighted by atomic mass is 16.5. The number of likely N-dealkylation sites (tertiary alicyclic amines) is 1. The molecular weight excluding hydrogens is 382 g/mol. The van der Waals surface area contributed by atoms with Gasteiger partial charge in [0.15, 0.2) is 5.82 Å². The summed E-state index contributed by atoms with van der Waals surface area (Å²) in [7, 11) is 0. The number of aryl methyl sites for hydroxylation is 1. The van der Waals surface area contributed by atoms with Crippen LogP contribution in [-0.2, 0) is 24.3 Å². The Morgan fingerprint density at radius 1 is 1.27 bits per heavy atom. The van der Waals surface area contributed by atoms with Crippen molar-refractivity contribution < 1.29 is 9.32 Å². The van der Waals surface area contributed by atoms with Crippen LogP contribution in [0.25, 0.3) is 11.6 Å². The number of aromatic amines is 1. The lowest BCUT2D eigenvalue weighted by atomic mass is 9.98. The van der Waals surface area contributed by atoms with E-state index in [1.165, 1.54) is 24.7 Å². The minimum atomic E-state index is -0.0454. The summed E-state index contributed by atoms with van der Waals surface area (Å²) in [5.74, 6) is 1.95. The largest absolute Gasteiger partial charge is 0.352 e. The SMILES string of the molecule is CC1CCN(Cc2ccccc2CNC(=O)CCc2nc(-c3ncn[nH]3)no2)CC1. The predicted octanol–water partition coefficient (Wildman–Crippen LogP) is 2.34. The molecule has 2 N–H and O–H groups in total. The highest BCUT2D eigenvalue weighted by Gasteiger charge is 2.17. The van der Waals surface area contributed by atoms with E-state index in [0.717, 1.165) is 31.1 Å². The van der Waals surface area contributed by atoms with Crippen molar-refractivity contribution in [2.24, 2.45) is 5.92 Å². The molecule has 4 rings (SSSR count). The van der Waals surface area contributed by atoms with E-state index in [9.17, 15) is 4.79 Å². The third kappa shape index (κ3) is 5.29. The number of nitrogens with one attached hydrogen (secondary N) is 2. The summed E-state index contributed by atoms with van der Waals surface area (Å²) < 4.78 is 5.18. The zero-order valence-corrected chi connectivity index (χ0v) is 17.2. The minimum Gasteiger partial charge on any atom is -0.352 e. The number of aromatic nitrogens is 5. The number of carbonyl (C=O) groups excluding carboxylic acids is 1. The normalized spacial score (nSPS) is 15.4. The summed E-state index contributed by atoms with van der Waals surface area (Å²) >= 11 is 0. The summed E-state index contributed by atoms with van der Waals surface area (Å²) in [4.78, 5) is 23.0. The van der Waals surface area contributed by atoms with Gasteiger partial charge in [-0.05, 0) is 43.0 Å². The Morgan fingerprint density at radius 2 is 2.07 bits per heavy atom. The number of rotatable bonds is 8. The quantitative estimate of drug-likeness (QED) is 0.587. The number of carbonyl (C=O) groups is 1. The van der Waals surface area contributed by atoms with Crippen LogP contribution in [0.4, 0.5) is 0 Å². The van der Waals surface area contributed by atoms with Gasteiger partial charge < -0.3 is 9.84 Å². The Labute approximate surface area is 175 Å². The van der Waals surface area contributed by atoms with E-state index >= 15 is 0 Å². The van der Waals surface area contributed by atoms with Crippen molar-refractivity contribution in [3.63, 3.8) is 0 Å². The van der Waals surface area contributed by atoms with Crippen molar-refractivity contribution in [3.8, 4) is 11.6 Å². The highest BCUT2D eigenvalue weighted by Crippen LogP contribution is 2.19. The van der Waals surface area contributed by atoms with Gasteiger partial charge in [-0.25, -0.2) is 4.98 Å². The fourth-order valence-electron chi connectivity index (χ4n) is 3.61. The molecule has 158 valence electrons. The number of amides is 1. The number of nitrogens with zero attached hydrogens (tertiary/aromatic N) is 5. The van der Waals surface area contributed by atoms with Crippen LogP contribution in [0.5, 0.6) is 0 Å². The highest BCUT2D eigenvalue weighted by molar-refractivity contribution is 5.76. The molecule has 1 aliphatic rings. The van der Waals surface area contributed by atoms with Gasteiger partial charge in [-0.2, -0.15) is 10.1 Å². The van der Waals surface area contributed by atoms with E-state index in [4.69, 9.17) is 4.52 Å². The van der Waals surface area contributed by atoms with Crippen molar-refractivity contribution in [1.29, 1.82) is 0 Å². The number of hydrogen-bond donors (Lipinski definition) is 2. The second-order valence-corrected chi connectivity index (χ2v) is 7.85. The molecule has 2 aromatic heterocycles. The van der Waals surface area contributed by atoms with Gasteiger partial charge in [-0.1, -0.05) is 36.3 Å². The topological polar surface area (TPSA) is 113 Å². The van der Waals surface area contributed by atoms with Gasteiger partial charge in [-0.15, -0.1) is 0 Å². The van der Waals surface area contributed by atoms with Crippen molar-refractivity contribution in [1.82, 2.24) is 35.5 Å². The van der Waals surface area contributed by atoms with E-state index in [-0.39, 0.29) is 12.3 Å². The van der Waals surface area contributed by atoms with Crippen molar-refractivity contribution >= 4 is 5.91 Å². The maximum Gasteiger partial charge on any atom is 0.239 e. The first-order valence-electron chi connectivity index (χ1n) is 10.4. The Hall–Kier alpha value is -3.07. The van der Waals surface area contributed by atoms with E-state index in [2.05, 4.69) is 60.7 Å². The molecular formula is C21H27N7O2. The third-order valence-electron chi connectivity index (χ3n) is 5.53. The first-order chi connectivity index (χ1) is 14.7. The molecule has 0 radical (unpaired) electrons. The third-order valence-corrected chi connectivity index (χ3v) is 5.53. The van der Waals surface area contributed by atoms with Crippen molar-refractivity contribution in [2.45, 2.75) is 45.7 Å². The Balaban J connectivity index is 1.26. The summed E-state index contributed by atoms with van der Waals surface area (Å²) in [5, 5.41) is 13.3. The molecule has 1 fully saturated rings. The lowest BCUT2D eigenvalue weighted by Crippen LogP contribution is -2.33. The van der Waals surface area contributed by atoms with E-state index in [1.54, 1.807) is 0 Å². The molecule has 1 aromatic carbocycles. The molecule has 1 aliphatic heterocycles. The maximum atomic E-state index is 12.3. The fourth-order valence-corrected chi connectivity index (χ4v) is 3.61. The fraction of sp³-hybridized carbons (Fsp3) is 0.476.